The molecule has 2 nitrogen and oxygen atoms in total. The van der Waals surface area contributed by atoms with Gasteiger partial charge in [0, 0.05) is 5.56 Å². The lowest BCUT2D eigenvalue weighted by Gasteiger charge is -2.33. The normalized spacial score (nSPS) is 19.4. The van der Waals surface area contributed by atoms with Crippen molar-refractivity contribution in [2.75, 3.05) is 0 Å². The van der Waals surface area contributed by atoms with Crippen molar-refractivity contribution >= 4 is 12.4 Å². The van der Waals surface area contributed by atoms with Gasteiger partial charge in [-0.3, -0.25) is 0 Å². The highest BCUT2D eigenvalue weighted by atomic mass is 35.5. The third kappa shape index (κ3) is 2.54. The molecule has 2 rings (SSSR count). The van der Waals surface area contributed by atoms with Crippen LogP contribution in [0.25, 0.3) is 0 Å². The molecule has 1 aromatic carbocycles. The number of halogens is 2. The molecule has 1 saturated carbocycles. The molecule has 3 N–H and O–H groups in total. The summed E-state index contributed by atoms with van der Waals surface area (Å²) in [4.78, 5) is 0. The minimum atomic E-state index is -0.615. The molecule has 1 aromatic rings. The van der Waals surface area contributed by atoms with Gasteiger partial charge in [0.25, 0.3) is 0 Å². The largest absolute Gasteiger partial charge is 0.391 e. The van der Waals surface area contributed by atoms with E-state index in [1.807, 2.05) is 0 Å². The van der Waals surface area contributed by atoms with Crippen molar-refractivity contribution in [2.45, 2.75) is 31.4 Å². The van der Waals surface area contributed by atoms with Crippen LogP contribution in [0, 0.1) is 11.7 Å². The minimum Gasteiger partial charge on any atom is -0.391 e. The summed E-state index contributed by atoms with van der Waals surface area (Å²) in [5.41, 5.74) is 6.27. The van der Waals surface area contributed by atoms with Gasteiger partial charge in [0.1, 0.15) is 5.82 Å². The Hall–Kier alpha value is -0.640. The maximum Gasteiger partial charge on any atom is 0.128 e. The fourth-order valence-corrected chi connectivity index (χ4v) is 2.00. The molecule has 4 heteroatoms. The van der Waals surface area contributed by atoms with Crippen LogP contribution in [0.2, 0.25) is 0 Å². The molecule has 0 aliphatic heterocycles. The zero-order valence-electron chi connectivity index (χ0n) is 8.97. The van der Waals surface area contributed by atoms with Crippen molar-refractivity contribution in [1.82, 2.24) is 0 Å². The van der Waals surface area contributed by atoms with E-state index in [1.165, 1.54) is 6.07 Å². The molecule has 1 aliphatic carbocycles. The van der Waals surface area contributed by atoms with Crippen LogP contribution in [0.1, 0.15) is 30.9 Å². The summed E-state index contributed by atoms with van der Waals surface area (Å²) in [6.45, 7) is 0. The average Bonchev–Trinajstić information content (AvgIpc) is 2.15. The van der Waals surface area contributed by atoms with Crippen LogP contribution in [-0.2, 0) is 0 Å². The maximum atomic E-state index is 13.4. The van der Waals surface area contributed by atoms with Crippen LogP contribution in [0.3, 0.4) is 0 Å². The molecule has 0 bridgehead atoms. The summed E-state index contributed by atoms with van der Waals surface area (Å²) >= 11 is 0. The van der Waals surface area contributed by atoms with Gasteiger partial charge in [0.05, 0.1) is 12.1 Å². The first-order valence-corrected chi connectivity index (χ1v) is 5.38. The highest BCUT2D eigenvalue weighted by molar-refractivity contribution is 5.85. The summed E-state index contributed by atoms with van der Waals surface area (Å²) in [7, 11) is 0. The topological polar surface area (TPSA) is 46.2 Å². The van der Waals surface area contributed by atoms with Gasteiger partial charge in [0.2, 0.25) is 0 Å². The van der Waals surface area contributed by atoms with Crippen molar-refractivity contribution in [3.8, 4) is 0 Å². The van der Waals surface area contributed by atoms with Gasteiger partial charge in [-0.1, -0.05) is 24.6 Å². The van der Waals surface area contributed by atoms with Crippen molar-refractivity contribution in [1.29, 1.82) is 0 Å². The average molecular weight is 246 g/mol. The van der Waals surface area contributed by atoms with Crippen LogP contribution in [0.15, 0.2) is 24.3 Å². The zero-order chi connectivity index (χ0) is 10.8. The molecule has 0 radical (unpaired) electrons. The van der Waals surface area contributed by atoms with E-state index in [9.17, 15) is 9.50 Å². The maximum absolute atomic E-state index is 13.4. The molecule has 16 heavy (non-hydrogen) atoms. The van der Waals surface area contributed by atoms with E-state index in [2.05, 4.69) is 0 Å². The molecule has 0 heterocycles. The van der Waals surface area contributed by atoms with Crippen molar-refractivity contribution in [3.63, 3.8) is 0 Å². The van der Waals surface area contributed by atoms with E-state index in [-0.39, 0.29) is 24.1 Å². The third-order valence-corrected chi connectivity index (χ3v) is 3.27. The highest BCUT2D eigenvalue weighted by Crippen LogP contribution is 2.34. The summed E-state index contributed by atoms with van der Waals surface area (Å²) in [6, 6.07) is 5.79. The Morgan fingerprint density at radius 1 is 1.31 bits per heavy atom. The van der Waals surface area contributed by atoms with Crippen LogP contribution in [0.5, 0.6) is 0 Å². The molecule has 0 saturated heterocycles. The number of rotatable bonds is 3. The first-order chi connectivity index (χ1) is 7.20. The van der Waals surface area contributed by atoms with E-state index in [0.717, 1.165) is 19.3 Å². The smallest absolute Gasteiger partial charge is 0.128 e. The van der Waals surface area contributed by atoms with Gasteiger partial charge in [-0.2, -0.15) is 0 Å². The fraction of sp³-hybridized carbons (Fsp3) is 0.500. The van der Waals surface area contributed by atoms with E-state index in [1.54, 1.807) is 18.2 Å². The molecule has 1 fully saturated rings. The van der Waals surface area contributed by atoms with E-state index in [0.29, 0.717) is 5.56 Å². The van der Waals surface area contributed by atoms with Crippen LogP contribution < -0.4 is 5.73 Å². The lowest BCUT2D eigenvalue weighted by atomic mass is 9.77. The zero-order valence-corrected chi connectivity index (χ0v) is 9.79. The molecular formula is C12H17ClFNO. The summed E-state index contributed by atoms with van der Waals surface area (Å²) in [5, 5.41) is 9.92. The summed E-state index contributed by atoms with van der Waals surface area (Å²) < 4.78 is 13.4. The highest BCUT2D eigenvalue weighted by Gasteiger charge is 2.31. The second-order valence-corrected chi connectivity index (χ2v) is 4.23. The number of nitrogens with two attached hydrogens (primary N) is 1. The van der Waals surface area contributed by atoms with Gasteiger partial charge in [0.15, 0.2) is 0 Å². The van der Waals surface area contributed by atoms with Gasteiger partial charge in [-0.25, -0.2) is 4.39 Å². The Balaban J connectivity index is 0.00000128. The summed E-state index contributed by atoms with van der Waals surface area (Å²) in [6.07, 6.45) is 2.54. The van der Waals surface area contributed by atoms with Gasteiger partial charge in [-0.05, 0) is 24.8 Å². The fourth-order valence-electron chi connectivity index (χ4n) is 2.00. The Morgan fingerprint density at radius 2 is 1.94 bits per heavy atom. The van der Waals surface area contributed by atoms with Crippen molar-refractivity contribution in [2.24, 2.45) is 11.7 Å². The first-order valence-electron chi connectivity index (χ1n) is 5.38. The lowest BCUT2D eigenvalue weighted by Crippen LogP contribution is -2.36. The number of hydrogen-bond acceptors (Lipinski definition) is 2. The van der Waals surface area contributed by atoms with Crippen LogP contribution in [-0.4, -0.2) is 11.2 Å². The molecular weight excluding hydrogens is 229 g/mol. The SMILES string of the molecule is Cl.N[C@H](c1ccccc1F)[C@@H](O)C1CCC1. The van der Waals surface area contributed by atoms with Gasteiger partial charge in [-0.15, -0.1) is 12.4 Å². The molecule has 90 valence electrons. The second-order valence-electron chi connectivity index (χ2n) is 4.23. The lowest BCUT2D eigenvalue weighted by molar-refractivity contribution is 0.0405. The van der Waals surface area contributed by atoms with Gasteiger partial charge < -0.3 is 10.8 Å². The first kappa shape index (κ1) is 13.4. The Labute approximate surface area is 101 Å². The number of aliphatic hydroxyl groups excluding tert-OH is 1. The summed E-state index contributed by atoms with van der Waals surface area (Å²) in [5.74, 6) is -0.0806. The molecule has 0 amide bonds. The molecule has 2 atom stereocenters. The quantitative estimate of drug-likeness (QED) is 0.859. The Morgan fingerprint density at radius 3 is 2.44 bits per heavy atom. The monoisotopic (exact) mass is 245 g/mol. The Bertz CT molecular complexity index is 344. The predicted octanol–water partition coefficient (Wildman–Crippen LogP) is 2.41. The van der Waals surface area contributed by atoms with Crippen molar-refractivity contribution < 1.29 is 9.50 Å². The van der Waals surface area contributed by atoms with Gasteiger partial charge >= 0.3 is 0 Å². The molecule has 1 aliphatic rings. The van der Waals surface area contributed by atoms with Crippen LogP contribution >= 0.6 is 12.4 Å². The molecule has 0 spiro atoms. The molecule has 0 unspecified atom stereocenters. The number of benzene rings is 1. The standard InChI is InChI=1S/C12H16FNO.ClH/c13-10-7-2-1-6-9(10)11(14)12(15)8-4-3-5-8;/h1-2,6-8,11-12,15H,3-5,14H2;1H/t11-,12+;/m1./s1. The van der Waals surface area contributed by atoms with Crippen LogP contribution in [0.4, 0.5) is 4.39 Å². The van der Waals surface area contributed by atoms with E-state index >= 15 is 0 Å². The Kier molecular flexibility index (Phi) is 4.71. The minimum absolute atomic E-state index is 0. The number of hydrogen-bond donors (Lipinski definition) is 2. The molecule has 0 aromatic heterocycles. The third-order valence-electron chi connectivity index (χ3n) is 3.27. The van der Waals surface area contributed by atoms with E-state index < -0.39 is 12.1 Å². The number of aliphatic hydroxyl groups is 1. The predicted molar refractivity (Wildman–Crippen MR) is 63.9 cm³/mol. The van der Waals surface area contributed by atoms with E-state index in [4.69, 9.17) is 5.73 Å². The second kappa shape index (κ2) is 5.62. The van der Waals surface area contributed by atoms with Crippen molar-refractivity contribution in [3.05, 3.63) is 35.6 Å².